The van der Waals surface area contributed by atoms with Gasteiger partial charge >= 0.3 is 0 Å². The van der Waals surface area contributed by atoms with Crippen LogP contribution in [-0.4, -0.2) is 9.97 Å². The van der Waals surface area contributed by atoms with Crippen LogP contribution in [0.15, 0.2) is 158 Å². The first-order valence-electron chi connectivity index (χ1n) is 17.7. The normalized spacial score (nSPS) is 13.5. The molecule has 2 heterocycles. The van der Waals surface area contributed by atoms with Crippen molar-refractivity contribution in [3.05, 3.63) is 169 Å². The molecule has 0 N–H and O–H groups in total. The minimum absolute atomic E-state index is 0.126. The molecule has 0 saturated carbocycles. The van der Waals surface area contributed by atoms with Crippen molar-refractivity contribution in [3.63, 3.8) is 0 Å². The molecule has 0 bridgehead atoms. The topological polar surface area (TPSA) is 25.8 Å². The lowest BCUT2D eigenvalue weighted by Gasteiger charge is -2.24. The second-order valence-electron chi connectivity index (χ2n) is 14.5. The smallest absolute Gasteiger partial charge is 0.0886 e. The highest BCUT2D eigenvalue weighted by Gasteiger charge is 2.36. The van der Waals surface area contributed by atoms with Gasteiger partial charge in [-0.1, -0.05) is 129 Å². The van der Waals surface area contributed by atoms with E-state index in [1.54, 1.807) is 0 Å². The van der Waals surface area contributed by atoms with Crippen LogP contribution in [0.5, 0.6) is 0 Å². The first-order valence-corrected chi connectivity index (χ1v) is 17.7. The second kappa shape index (κ2) is 10.3. The molecule has 0 radical (unpaired) electrons. The summed E-state index contributed by atoms with van der Waals surface area (Å²) in [5.74, 6) is 0. The van der Waals surface area contributed by atoms with Gasteiger partial charge < -0.3 is 0 Å². The van der Waals surface area contributed by atoms with Crippen molar-refractivity contribution < 1.29 is 0 Å². The van der Waals surface area contributed by atoms with Gasteiger partial charge in [-0.2, -0.15) is 0 Å². The Balaban J connectivity index is 1.27. The zero-order valence-corrected chi connectivity index (χ0v) is 28.4. The maximum Gasteiger partial charge on any atom is 0.0886 e. The van der Waals surface area contributed by atoms with Crippen LogP contribution in [0.4, 0.5) is 0 Å². The van der Waals surface area contributed by atoms with Crippen LogP contribution in [0.25, 0.3) is 99.3 Å². The van der Waals surface area contributed by atoms with E-state index in [-0.39, 0.29) is 5.41 Å². The molecule has 0 saturated heterocycles. The van der Waals surface area contributed by atoms with Crippen molar-refractivity contribution in [1.82, 2.24) is 9.97 Å². The van der Waals surface area contributed by atoms with Gasteiger partial charge in [0, 0.05) is 23.4 Å². The van der Waals surface area contributed by atoms with Crippen LogP contribution < -0.4 is 0 Å². The molecular weight excluding hydrogens is 617 g/mol. The number of rotatable bonds is 3. The van der Waals surface area contributed by atoms with Gasteiger partial charge in [0.25, 0.3) is 0 Å². The highest BCUT2D eigenvalue weighted by atomic mass is 14.8. The van der Waals surface area contributed by atoms with E-state index in [0.29, 0.717) is 0 Å². The van der Waals surface area contributed by atoms with Gasteiger partial charge in [0.2, 0.25) is 0 Å². The summed E-state index contributed by atoms with van der Waals surface area (Å²) in [5.41, 5.74) is 17.2. The van der Waals surface area contributed by atoms with Crippen molar-refractivity contribution in [2.45, 2.75) is 19.3 Å². The van der Waals surface area contributed by atoms with Crippen LogP contribution in [0.2, 0.25) is 0 Å². The third-order valence-electron chi connectivity index (χ3n) is 11.5. The largest absolute Gasteiger partial charge is 0.255 e. The lowest BCUT2D eigenvalue weighted by molar-refractivity contribution is 0.661. The molecule has 2 heteroatoms. The number of aromatic nitrogens is 2. The summed E-state index contributed by atoms with van der Waals surface area (Å²) in [7, 11) is 0. The van der Waals surface area contributed by atoms with E-state index >= 15 is 0 Å². The molecule has 7 aromatic carbocycles. The van der Waals surface area contributed by atoms with Crippen LogP contribution in [0.3, 0.4) is 0 Å². The Labute approximate surface area is 296 Å². The van der Waals surface area contributed by atoms with E-state index in [0.717, 1.165) is 17.0 Å². The molecular formula is C49H32N2. The predicted molar refractivity (Wildman–Crippen MR) is 213 cm³/mol. The summed E-state index contributed by atoms with van der Waals surface area (Å²) in [6, 6.07) is 53.6. The lowest BCUT2D eigenvalue weighted by Crippen LogP contribution is -2.14. The Hall–Kier alpha value is -6.38. The fourth-order valence-electron chi connectivity index (χ4n) is 9.21. The Kier molecular flexibility index (Phi) is 5.76. The van der Waals surface area contributed by atoms with E-state index in [1.807, 2.05) is 30.6 Å². The van der Waals surface area contributed by atoms with Crippen LogP contribution in [0, 0.1) is 0 Å². The van der Waals surface area contributed by atoms with Crippen molar-refractivity contribution in [2.24, 2.45) is 0 Å². The Morgan fingerprint density at radius 3 is 1.78 bits per heavy atom. The SMILES string of the molecule is CC1(C)c2ccccc2-c2cc3c(-c4ccc(-c5ccccn5)nc4)c4ccccc4c(-c4ccc5c6c(cccc46)-c4ccccc4-5)c3cc21. The summed E-state index contributed by atoms with van der Waals surface area (Å²) in [4.78, 5) is 9.54. The van der Waals surface area contributed by atoms with Gasteiger partial charge in [0.05, 0.1) is 11.4 Å². The van der Waals surface area contributed by atoms with E-state index in [2.05, 4.69) is 146 Å². The summed E-state index contributed by atoms with van der Waals surface area (Å²) < 4.78 is 0. The minimum Gasteiger partial charge on any atom is -0.255 e. The Morgan fingerprint density at radius 1 is 0.392 bits per heavy atom. The monoisotopic (exact) mass is 648 g/mol. The molecule has 0 aliphatic heterocycles. The summed E-state index contributed by atoms with van der Waals surface area (Å²) in [6.45, 7) is 4.75. The molecule has 0 amide bonds. The third kappa shape index (κ3) is 3.88. The molecule has 2 nitrogen and oxygen atoms in total. The number of benzene rings is 7. The van der Waals surface area contributed by atoms with Crippen molar-refractivity contribution >= 4 is 32.3 Å². The number of fused-ring (bicyclic) bond motifs is 8. The number of hydrogen-bond donors (Lipinski definition) is 0. The zero-order valence-electron chi connectivity index (χ0n) is 28.4. The average Bonchev–Trinajstić information content (AvgIpc) is 3.63. The molecule has 238 valence electrons. The summed E-state index contributed by atoms with van der Waals surface area (Å²) in [5, 5.41) is 7.63. The first-order chi connectivity index (χ1) is 25.1. The quantitative estimate of drug-likeness (QED) is 0.178. The number of pyridine rings is 2. The highest BCUT2D eigenvalue weighted by molar-refractivity contribution is 6.27. The molecule has 9 aromatic rings. The maximum atomic E-state index is 4.98. The fourth-order valence-corrected chi connectivity index (χ4v) is 9.21. The van der Waals surface area contributed by atoms with Crippen molar-refractivity contribution in [1.29, 1.82) is 0 Å². The van der Waals surface area contributed by atoms with E-state index in [9.17, 15) is 0 Å². The van der Waals surface area contributed by atoms with E-state index < -0.39 is 0 Å². The van der Waals surface area contributed by atoms with Crippen LogP contribution in [-0.2, 0) is 5.41 Å². The predicted octanol–water partition coefficient (Wildman–Crippen LogP) is 12.9. The zero-order chi connectivity index (χ0) is 33.8. The van der Waals surface area contributed by atoms with Gasteiger partial charge in [-0.3, -0.25) is 9.97 Å². The first kappa shape index (κ1) is 28.5. The summed E-state index contributed by atoms with van der Waals surface area (Å²) >= 11 is 0. The highest BCUT2D eigenvalue weighted by Crippen LogP contribution is 2.55. The Morgan fingerprint density at radius 2 is 1.02 bits per heavy atom. The molecule has 0 unspecified atom stereocenters. The van der Waals surface area contributed by atoms with E-state index in [1.165, 1.54) is 93.5 Å². The number of hydrogen-bond acceptors (Lipinski definition) is 2. The van der Waals surface area contributed by atoms with Crippen molar-refractivity contribution in [2.75, 3.05) is 0 Å². The van der Waals surface area contributed by atoms with Crippen LogP contribution in [0.1, 0.15) is 25.0 Å². The maximum absolute atomic E-state index is 4.98. The van der Waals surface area contributed by atoms with Crippen molar-refractivity contribution in [3.8, 4) is 67.0 Å². The molecule has 11 rings (SSSR count). The minimum atomic E-state index is -0.126. The standard InChI is InChI=1S/C49H32N2/c1-49(2)42-19-8-7-14-32(42)39-26-40-41(27-43(39)49)48(38-23-22-37-31-13-4-3-12-30(31)33-17-11-18-36(38)47(33)37)35-16-6-5-15-34(35)46(40)29-21-24-45(51-28-29)44-20-9-10-25-50-44/h3-28H,1-2H3. The van der Waals surface area contributed by atoms with Gasteiger partial charge in [-0.25, -0.2) is 0 Å². The second-order valence-corrected chi connectivity index (χ2v) is 14.5. The van der Waals surface area contributed by atoms with Gasteiger partial charge in [-0.05, 0) is 124 Å². The fraction of sp³-hybridized carbons (Fsp3) is 0.0612. The molecule has 0 fully saturated rings. The molecule has 0 atom stereocenters. The number of nitrogens with zero attached hydrogens (tertiary/aromatic N) is 2. The summed E-state index contributed by atoms with van der Waals surface area (Å²) in [6.07, 6.45) is 3.86. The van der Waals surface area contributed by atoms with E-state index in [4.69, 9.17) is 4.98 Å². The molecule has 2 aliphatic carbocycles. The van der Waals surface area contributed by atoms with Crippen LogP contribution >= 0.6 is 0 Å². The molecule has 51 heavy (non-hydrogen) atoms. The molecule has 2 aromatic heterocycles. The Bertz CT molecular complexity index is 2890. The average molecular weight is 649 g/mol. The third-order valence-corrected chi connectivity index (χ3v) is 11.5. The lowest BCUT2D eigenvalue weighted by atomic mass is 9.79. The molecule has 0 spiro atoms. The van der Waals surface area contributed by atoms with Gasteiger partial charge in [0.15, 0.2) is 0 Å². The van der Waals surface area contributed by atoms with Gasteiger partial charge in [-0.15, -0.1) is 0 Å². The van der Waals surface area contributed by atoms with Gasteiger partial charge in [0.1, 0.15) is 0 Å². The molecule has 2 aliphatic rings.